The Morgan fingerprint density at radius 3 is 2.53 bits per heavy atom. The van der Waals surface area contributed by atoms with Crippen molar-refractivity contribution in [2.45, 2.75) is 19.5 Å². The van der Waals surface area contributed by atoms with Crippen LogP contribution in [0.4, 0.5) is 17.6 Å². The number of rotatable bonds is 4. The van der Waals surface area contributed by atoms with Gasteiger partial charge in [0.2, 0.25) is 5.43 Å². The molecule has 0 saturated carbocycles. The summed E-state index contributed by atoms with van der Waals surface area (Å²) in [5.74, 6) is -2.01. The van der Waals surface area contributed by atoms with E-state index in [-0.39, 0.29) is 5.69 Å². The summed E-state index contributed by atoms with van der Waals surface area (Å²) >= 11 is 0. The highest BCUT2D eigenvalue weighted by Gasteiger charge is 2.34. The van der Waals surface area contributed by atoms with Gasteiger partial charge >= 0.3 is 12.3 Å². The summed E-state index contributed by atoms with van der Waals surface area (Å²) in [5.41, 5.74) is -1.94. The van der Waals surface area contributed by atoms with Crippen LogP contribution in [0.3, 0.4) is 0 Å². The standard InChI is InChI=1S/C10H9F4NO4/c1-18-8(17)3-6-9(19-10(12,13)14)7(16)2-5(4-11)15-6/h2H,3-4H2,1H3,(H,15,16). The smallest absolute Gasteiger partial charge is 0.469 e. The van der Waals surface area contributed by atoms with Gasteiger partial charge in [0.15, 0.2) is 5.75 Å². The lowest BCUT2D eigenvalue weighted by molar-refractivity contribution is -0.275. The van der Waals surface area contributed by atoms with Crippen LogP contribution < -0.4 is 10.2 Å². The van der Waals surface area contributed by atoms with E-state index in [1.807, 2.05) is 0 Å². The molecule has 0 aliphatic heterocycles. The maximum absolute atomic E-state index is 12.4. The fourth-order valence-corrected chi connectivity index (χ4v) is 1.30. The topological polar surface area (TPSA) is 68.4 Å². The molecule has 0 bridgehead atoms. The number of ether oxygens (including phenoxy) is 2. The minimum absolute atomic E-state index is 0.265. The molecule has 0 aromatic carbocycles. The highest BCUT2D eigenvalue weighted by Crippen LogP contribution is 2.23. The van der Waals surface area contributed by atoms with Crippen LogP contribution in [-0.4, -0.2) is 24.4 Å². The molecule has 9 heteroatoms. The maximum atomic E-state index is 12.4. The Morgan fingerprint density at radius 1 is 1.42 bits per heavy atom. The summed E-state index contributed by atoms with van der Waals surface area (Å²) in [6.07, 6.45) is -5.78. The number of methoxy groups -OCH3 is 1. The van der Waals surface area contributed by atoms with Crippen molar-refractivity contribution in [3.05, 3.63) is 27.7 Å². The van der Waals surface area contributed by atoms with E-state index in [9.17, 15) is 27.2 Å². The van der Waals surface area contributed by atoms with Crippen molar-refractivity contribution in [2.24, 2.45) is 0 Å². The van der Waals surface area contributed by atoms with Gasteiger partial charge < -0.3 is 14.5 Å². The number of H-pyrrole nitrogens is 1. The summed E-state index contributed by atoms with van der Waals surface area (Å²) < 4.78 is 56.6. The van der Waals surface area contributed by atoms with E-state index in [0.29, 0.717) is 6.07 Å². The Kier molecular flexibility index (Phi) is 4.52. The van der Waals surface area contributed by atoms with Gasteiger partial charge in [0.05, 0.1) is 24.9 Å². The highest BCUT2D eigenvalue weighted by molar-refractivity contribution is 5.72. The Labute approximate surface area is 104 Å². The Balaban J connectivity index is 3.25. The third-order valence-electron chi connectivity index (χ3n) is 2.03. The van der Waals surface area contributed by atoms with Crippen molar-refractivity contribution in [1.29, 1.82) is 0 Å². The summed E-state index contributed by atoms with van der Waals surface area (Å²) in [5, 5.41) is 0. The van der Waals surface area contributed by atoms with Gasteiger partial charge in [-0.05, 0) is 0 Å². The Hall–Kier alpha value is -2.06. The number of esters is 1. The lowest BCUT2D eigenvalue weighted by Crippen LogP contribution is -2.25. The van der Waals surface area contributed by atoms with E-state index in [0.717, 1.165) is 7.11 Å². The van der Waals surface area contributed by atoms with Crippen LogP contribution in [0.25, 0.3) is 0 Å². The molecule has 0 aliphatic rings. The number of hydrogen-bond donors (Lipinski definition) is 1. The minimum Gasteiger partial charge on any atom is -0.469 e. The summed E-state index contributed by atoms with van der Waals surface area (Å²) in [6, 6.07) is 0.627. The molecular weight excluding hydrogens is 274 g/mol. The average Bonchev–Trinajstić information content (AvgIpc) is 2.31. The van der Waals surface area contributed by atoms with E-state index in [1.54, 1.807) is 0 Å². The Morgan fingerprint density at radius 2 is 2.05 bits per heavy atom. The third-order valence-corrected chi connectivity index (χ3v) is 2.03. The molecule has 0 unspecified atom stereocenters. The largest absolute Gasteiger partial charge is 0.573 e. The first-order valence-electron chi connectivity index (χ1n) is 4.90. The predicted molar refractivity (Wildman–Crippen MR) is 54.3 cm³/mol. The van der Waals surface area contributed by atoms with Gasteiger partial charge in [0, 0.05) is 6.07 Å². The monoisotopic (exact) mass is 283 g/mol. The lowest BCUT2D eigenvalue weighted by Gasteiger charge is -2.12. The van der Waals surface area contributed by atoms with Gasteiger partial charge in [-0.1, -0.05) is 0 Å². The van der Waals surface area contributed by atoms with Crippen molar-refractivity contribution in [3.8, 4) is 5.75 Å². The second kappa shape index (κ2) is 5.72. The first-order valence-corrected chi connectivity index (χ1v) is 4.90. The van der Waals surface area contributed by atoms with E-state index in [4.69, 9.17) is 0 Å². The van der Waals surface area contributed by atoms with Crippen LogP contribution in [0, 0.1) is 0 Å². The molecule has 0 aliphatic carbocycles. The van der Waals surface area contributed by atoms with E-state index < -0.39 is 42.3 Å². The van der Waals surface area contributed by atoms with Crippen molar-refractivity contribution >= 4 is 5.97 Å². The first-order chi connectivity index (χ1) is 8.76. The summed E-state index contributed by atoms with van der Waals surface area (Å²) in [6.45, 7) is -1.10. The fourth-order valence-electron chi connectivity index (χ4n) is 1.30. The predicted octanol–water partition coefficient (Wildman–Crippen LogP) is 1.46. The molecule has 1 N–H and O–H groups in total. The number of aromatic nitrogens is 1. The number of carbonyl (C=O) groups is 1. The van der Waals surface area contributed by atoms with Gasteiger partial charge in [-0.2, -0.15) is 0 Å². The third kappa shape index (κ3) is 4.27. The molecule has 5 nitrogen and oxygen atoms in total. The quantitative estimate of drug-likeness (QED) is 0.671. The van der Waals surface area contributed by atoms with E-state index in [1.165, 1.54) is 0 Å². The molecule has 106 valence electrons. The molecule has 0 spiro atoms. The number of carbonyl (C=O) groups excluding carboxylic acids is 1. The number of aromatic amines is 1. The Bertz CT molecular complexity index is 523. The molecule has 0 saturated heterocycles. The number of nitrogens with one attached hydrogen (secondary N) is 1. The van der Waals surface area contributed by atoms with Gasteiger partial charge in [-0.3, -0.25) is 9.59 Å². The number of hydrogen-bond acceptors (Lipinski definition) is 4. The highest BCUT2D eigenvalue weighted by atomic mass is 19.4. The van der Waals surface area contributed by atoms with Crippen LogP contribution in [0.2, 0.25) is 0 Å². The molecule has 0 radical (unpaired) electrons. The zero-order chi connectivity index (χ0) is 14.6. The zero-order valence-electron chi connectivity index (χ0n) is 9.64. The van der Waals surface area contributed by atoms with Crippen LogP contribution >= 0.6 is 0 Å². The van der Waals surface area contributed by atoms with Crippen LogP contribution in [0.5, 0.6) is 5.75 Å². The summed E-state index contributed by atoms with van der Waals surface area (Å²) in [7, 11) is 1.02. The molecule has 0 atom stereocenters. The lowest BCUT2D eigenvalue weighted by atomic mass is 10.2. The van der Waals surface area contributed by atoms with E-state index in [2.05, 4.69) is 14.5 Å². The number of alkyl halides is 4. The van der Waals surface area contributed by atoms with Gasteiger partial charge in [0.1, 0.15) is 6.67 Å². The molecule has 0 amide bonds. The second-order valence-electron chi connectivity index (χ2n) is 3.40. The van der Waals surface area contributed by atoms with Crippen LogP contribution in [0.1, 0.15) is 11.4 Å². The van der Waals surface area contributed by atoms with Gasteiger partial charge in [0.25, 0.3) is 0 Å². The SMILES string of the molecule is COC(=O)Cc1[nH]c(CF)cc(=O)c1OC(F)(F)F. The van der Waals surface area contributed by atoms with Gasteiger partial charge in [-0.15, -0.1) is 13.2 Å². The fraction of sp³-hybridized carbons (Fsp3) is 0.400. The molecule has 1 aromatic heterocycles. The van der Waals surface area contributed by atoms with Gasteiger partial charge in [-0.25, -0.2) is 4.39 Å². The molecular formula is C10H9F4NO4. The second-order valence-corrected chi connectivity index (χ2v) is 3.40. The van der Waals surface area contributed by atoms with Crippen molar-refractivity contribution in [3.63, 3.8) is 0 Å². The minimum atomic E-state index is -5.10. The van der Waals surface area contributed by atoms with Crippen LogP contribution in [-0.2, 0) is 22.6 Å². The molecule has 0 fully saturated rings. The molecule has 1 aromatic rings. The summed E-state index contributed by atoms with van der Waals surface area (Å²) in [4.78, 5) is 24.6. The average molecular weight is 283 g/mol. The maximum Gasteiger partial charge on any atom is 0.573 e. The van der Waals surface area contributed by atoms with Crippen molar-refractivity contribution < 1.29 is 31.8 Å². The number of pyridine rings is 1. The van der Waals surface area contributed by atoms with E-state index >= 15 is 0 Å². The van der Waals surface area contributed by atoms with Crippen molar-refractivity contribution in [2.75, 3.05) is 7.11 Å². The van der Waals surface area contributed by atoms with Crippen LogP contribution in [0.15, 0.2) is 10.9 Å². The normalized spacial score (nSPS) is 11.2. The molecule has 19 heavy (non-hydrogen) atoms. The molecule has 1 heterocycles. The molecule has 1 rings (SSSR count). The van der Waals surface area contributed by atoms with Crippen molar-refractivity contribution in [1.82, 2.24) is 4.98 Å². The first kappa shape index (κ1) is 15.0. The number of halogens is 4. The zero-order valence-corrected chi connectivity index (χ0v) is 9.64.